The van der Waals surface area contributed by atoms with Crippen molar-refractivity contribution >= 4 is 51.7 Å². The molecule has 0 fully saturated rings. The van der Waals surface area contributed by atoms with Gasteiger partial charge in [0, 0.05) is 27.3 Å². The third kappa shape index (κ3) is 3.88. The van der Waals surface area contributed by atoms with Gasteiger partial charge in [-0.3, -0.25) is 4.79 Å². The van der Waals surface area contributed by atoms with Crippen LogP contribution in [0, 0.1) is 3.57 Å². The third-order valence-corrected chi connectivity index (χ3v) is 5.41. The minimum atomic E-state index is -0.205. The van der Waals surface area contributed by atoms with Crippen LogP contribution < -0.4 is 4.90 Å². The van der Waals surface area contributed by atoms with Crippen molar-refractivity contribution in [2.45, 2.75) is 6.92 Å². The Hall–Kier alpha value is -2.78. The Morgan fingerprint density at radius 3 is 2.52 bits per heavy atom. The van der Waals surface area contributed by atoms with Crippen molar-refractivity contribution in [2.75, 3.05) is 4.90 Å². The molecule has 8 heteroatoms. The first-order chi connectivity index (χ1) is 14.1. The number of amides is 1. The van der Waals surface area contributed by atoms with Crippen molar-refractivity contribution in [1.29, 1.82) is 0 Å². The van der Waals surface area contributed by atoms with Crippen LogP contribution in [0.1, 0.15) is 6.92 Å². The molecule has 0 saturated carbocycles. The average molecular weight is 517 g/mol. The molecule has 0 unspecified atom stereocenters. The van der Waals surface area contributed by atoms with Crippen molar-refractivity contribution in [3.05, 3.63) is 75.7 Å². The first-order valence-corrected chi connectivity index (χ1v) is 10.1. The van der Waals surface area contributed by atoms with Gasteiger partial charge in [-0.05, 0) is 52.9 Å². The summed E-state index contributed by atoms with van der Waals surface area (Å²) in [7, 11) is 0. The molecule has 0 N–H and O–H groups in total. The molecular weight excluding hydrogens is 503 g/mol. The normalized spacial score (nSPS) is 10.7. The molecule has 2 aromatic heterocycles. The van der Waals surface area contributed by atoms with Crippen LogP contribution in [0.3, 0.4) is 0 Å². The Balaban J connectivity index is 1.97. The first-order valence-electron chi connectivity index (χ1n) is 8.63. The quantitative estimate of drug-likeness (QED) is 0.323. The Kier molecular flexibility index (Phi) is 5.59. The molecule has 2 heterocycles. The Bertz CT molecular complexity index is 1160. The number of benzene rings is 2. The van der Waals surface area contributed by atoms with E-state index < -0.39 is 0 Å². The Morgan fingerprint density at radius 1 is 1.10 bits per heavy atom. The minimum absolute atomic E-state index is 0.205. The van der Waals surface area contributed by atoms with E-state index in [2.05, 4.69) is 37.7 Å². The number of carbonyl (C=O) groups is 1. The molecule has 0 aliphatic carbocycles. The zero-order valence-electron chi connectivity index (χ0n) is 15.2. The molecule has 0 aliphatic heterocycles. The van der Waals surface area contributed by atoms with Crippen LogP contribution in [0.5, 0.6) is 0 Å². The fraction of sp³-hybridized carbons (Fsp3) is 0.0476. The lowest BCUT2D eigenvalue weighted by Crippen LogP contribution is -2.23. The number of anilines is 2. The summed E-state index contributed by atoms with van der Waals surface area (Å²) in [6.07, 6.45) is 3.08. The van der Waals surface area contributed by atoms with E-state index >= 15 is 0 Å². The topological polar surface area (TPSA) is 72.1 Å². The van der Waals surface area contributed by atoms with Crippen LogP contribution >= 0.6 is 34.2 Å². The number of nitrogens with zero attached hydrogens (tertiary/aromatic N) is 4. The highest BCUT2D eigenvalue weighted by molar-refractivity contribution is 14.1. The molecule has 0 bridgehead atoms. The maximum absolute atomic E-state index is 12.7. The Labute approximate surface area is 185 Å². The van der Waals surface area contributed by atoms with Crippen LogP contribution in [0.2, 0.25) is 5.02 Å². The van der Waals surface area contributed by atoms with E-state index in [0.29, 0.717) is 33.5 Å². The van der Waals surface area contributed by atoms with Crippen LogP contribution in [0.15, 0.2) is 71.6 Å². The molecule has 4 aromatic rings. The van der Waals surface area contributed by atoms with Gasteiger partial charge >= 0.3 is 0 Å². The lowest BCUT2D eigenvalue weighted by molar-refractivity contribution is -0.116. The number of hydrogen-bond acceptors (Lipinski definition) is 5. The summed E-state index contributed by atoms with van der Waals surface area (Å²) in [6.45, 7) is 1.48. The molecule has 0 saturated heterocycles. The number of hydrogen-bond donors (Lipinski definition) is 0. The smallest absolute Gasteiger partial charge is 0.248 e. The lowest BCUT2D eigenvalue weighted by Gasteiger charge is -2.20. The molecule has 144 valence electrons. The summed E-state index contributed by atoms with van der Waals surface area (Å²) < 4.78 is 6.63. The second-order valence-corrected chi connectivity index (χ2v) is 7.72. The predicted octanol–water partition coefficient (Wildman–Crippen LogP) is 5.74. The van der Waals surface area contributed by atoms with Gasteiger partial charge in [0.1, 0.15) is 12.0 Å². The molecule has 29 heavy (non-hydrogen) atoms. The maximum atomic E-state index is 12.7. The lowest BCUT2D eigenvalue weighted by atomic mass is 10.0. The van der Waals surface area contributed by atoms with Gasteiger partial charge in [0.2, 0.25) is 11.8 Å². The van der Waals surface area contributed by atoms with E-state index in [1.807, 2.05) is 36.4 Å². The zero-order chi connectivity index (χ0) is 20.4. The largest absolute Gasteiger partial charge is 0.336 e. The second kappa shape index (κ2) is 8.30. The van der Waals surface area contributed by atoms with Gasteiger partial charge in [-0.2, -0.15) is 0 Å². The maximum Gasteiger partial charge on any atom is 0.248 e. The summed E-state index contributed by atoms with van der Waals surface area (Å²) in [5.41, 5.74) is 3.26. The molecular formula is C21H14ClIN4O2. The summed E-state index contributed by atoms with van der Waals surface area (Å²) in [4.78, 5) is 22.5. The Morgan fingerprint density at radius 2 is 1.86 bits per heavy atom. The zero-order valence-corrected chi connectivity index (χ0v) is 18.1. The number of aromatic nitrogens is 3. The SMILES string of the molecule is CC(=O)N(c1ccccc1I)c1onc(-c2ccc(Cl)cc2)c1-c1ccncn1. The number of para-hydroxylation sites is 1. The number of carbonyl (C=O) groups excluding carboxylic acids is 1. The standard InChI is InChI=1S/C21H14ClIN4O2/c1-13(28)27(18-5-3-2-4-16(18)23)21-19(17-10-11-24-12-25-17)20(26-29-21)14-6-8-15(22)9-7-14/h2-12H,1H3. The molecule has 0 aliphatic rings. The van der Waals surface area contributed by atoms with Crippen molar-refractivity contribution < 1.29 is 9.32 Å². The van der Waals surface area contributed by atoms with Gasteiger partial charge in [0.05, 0.1) is 16.9 Å². The molecule has 6 nitrogen and oxygen atoms in total. The molecule has 0 radical (unpaired) electrons. The monoisotopic (exact) mass is 516 g/mol. The highest BCUT2D eigenvalue weighted by Gasteiger charge is 2.29. The molecule has 1 amide bonds. The van der Waals surface area contributed by atoms with Crippen LogP contribution in [-0.2, 0) is 4.79 Å². The summed E-state index contributed by atoms with van der Waals surface area (Å²) >= 11 is 8.22. The summed E-state index contributed by atoms with van der Waals surface area (Å²) in [5, 5.41) is 4.89. The fourth-order valence-corrected chi connectivity index (χ4v) is 3.72. The molecule has 2 aromatic carbocycles. The summed E-state index contributed by atoms with van der Waals surface area (Å²) in [5.74, 6) is 0.0912. The average Bonchev–Trinajstić information content (AvgIpc) is 3.15. The fourth-order valence-electron chi connectivity index (χ4n) is 2.96. The van der Waals surface area contributed by atoms with Crippen molar-refractivity contribution in [1.82, 2.24) is 15.1 Å². The van der Waals surface area contributed by atoms with E-state index in [1.165, 1.54) is 18.2 Å². The highest BCUT2D eigenvalue weighted by Crippen LogP contribution is 2.42. The van der Waals surface area contributed by atoms with Crippen molar-refractivity contribution in [3.63, 3.8) is 0 Å². The van der Waals surface area contributed by atoms with Gasteiger partial charge in [0.25, 0.3) is 0 Å². The minimum Gasteiger partial charge on any atom is -0.336 e. The van der Waals surface area contributed by atoms with Gasteiger partial charge < -0.3 is 4.52 Å². The van der Waals surface area contributed by atoms with Gasteiger partial charge in [-0.15, -0.1) is 0 Å². The number of rotatable bonds is 4. The second-order valence-electron chi connectivity index (χ2n) is 6.12. The van der Waals surface area contributed by atoms with E-state index in [-0.39, 0.29) is 5.91 Å². The molecule has 4 rings (SSSR count). The van der Waals surface area contributed by atoms with Gasteiger partial charge in [0.15, 0.2) is 0 Å². The van der Waals surface area contributed by atoms with E-state index in [1.54, 1.807) is 24.4 Å². The molecule has 0 spiro atoms. The highest BCUT2D eigenvalue weighted by atomic mass is 127. The van der Waals surface area contributed by atoms with E-state index in [4.69, 9.17) is 16.1 Å². The third-order valence-electron chi connectivity index (χ3n) is 4.24. The van der Waals surface area contributed by atoms with Crippen LogP contribution in [0.25, 0.3) is 22.5 Å². The van der Waals surface area contributed by atoms with E-state index in [9.17, 15) is 4.79 Å². The van der Waals surface area contributed by atoms with Crippen LogP contribution in [0.4, 0.5) is 11.6 Å². The first kappa shape index (κ1) is 19.5. The van der Waals surface area contributed by atoms with Gasteiger partial charge in [-0.25, -0.2) is 14.9 Å². The van der Waals surface area contributed by atoms with Gasteiger partial charge in [-0.1, -0.05) is 41.0 Å². The molecule has 0 atom stereocenters. The van der Waals surface area contributed by atoms with E-state index in [0.717, 1.165) is 9.13 Å². The van der Waals surface area contributed by atoms with Crippen molar-refractivity contribution in [2.24, 2.45) is 0 Å². The van der Waals surface area contributed by atoms with Crippen molar-refractivity contribution in [3.8, 4) is 22.5 Å². The summed E-state index contributed by atoms with van der Waals surface area (Å²) in [6, 6.07) is 16.6. The van der Waals surface area contributed by atoms with Crippen LogP contribution in [-0.4, -0.2) is 21.0 Å². The number of halogens is 2. The predicted molar refractivity (Wildman–Crippen MR) is 120 cm³/mol.